The van der Waals surface area contributed by atoms with Gasteiger partial charge in [-0.15, -0.1) is 0 Å². The highest BCUT2D eigenvalue weighted by molar-refractivity contribution is 5.99. The van der Waals surface area contributed by atoms with Crippen molar-refractivity contribution in [2.24, 2.45) is 0 Å². The number of fused-ring (bicyclic) bond motifs is 2. The lowest BCUT2D eigenvalue weighted by Crippen LogP contribution is -2.43. The van der Waals surface area contributed by atoms with E-state index in [0.717, 1.165) is 30.7 Å². The van der Waals surface area contributed by atoms with E-state index in [-0.39, 0.29) is 11.9 Å². The molecule has 1 aliphatic carbocycles. The number of nitrogens with zero attached hydrogens (tertiary/aromatic N) is 1. The summed E-state index contributed by atoms with van der Waals surface area (Å²) in [7, 11) is 0. The third kappa shape index (κ3) is 2.92. The summed E-state index contributed by atoms with van der Waals surface area (Å²) in [4.78, 5) is 15.0. The van der Waals surface area contributed by atoms with Crippen LogP contribution >= 0.6 is 0 Å². The first-order valence-corrected chi connectivity index (χ1v) is 9.33. The van der Waals surface area contributed by atoms with E-state index in [1.807, 2.05) is 42.2 Å². The Labute approximate surface area is 149 Å². The zero-order valence-corrected chi connectivity index (χ0v) is 15.0. The topological polar surface area (TPSA) is 29.5 Å². The van der Waals surface area contributed by atoms with Crippen LogP contribution in [0.25, 0.3) is 0 Å². The van der Waals surface area contributed by atoms with Gasteiger partial charge < -0.3 is 9.64 Å². The number of aryl methyl sites for hydroxylation is 1. The third-order valence-corrected chi connectivity index (χ3v) is 5.45. The molecule has 0 bridgehead atoms. The van der Waals surface area contributed by atoms with Crippen LogP contribution in [0.4, 0.5) is 5.69 Å². The first-order chi connectivity index (χ1) is 12.1. The fraction of sp³-hybridized carbons (Fsp3) is 0.409. The number of benzene rings is 2. The molecule has 2 aliphatic rings. The second-order valence-corrected chi connectivity index (χ2v) is 7.25. The Morgan fingerprint density at radius 1 is 1.08 bits per heavy atom. The fourth-order valence-corrected chi connectivity index (χ4v) is 4.19. The van der Waals surface area contributed by atoms with Crippen molar-refractivity contribution in [2.45, 2.75) is 58.1 Å². The molecular weight excluding hydrogens is 310 g/mol. The lowest BCUT2D eigenvalue weighted by molar-refractivity contribution is -0.124. The average molecular weight is 335 g/mol. The SMILES string of the molecule is C[C@H](Oc1cccc2c1CCCC2)C(=O)N1c2ccccc2C[C@@H]1C. The van der Waals surface area contributed by atoms with Gasteiger partial charge in [0.15, 0.2) is 6.10 Å². The van der Waals surface area contributed by atoms with Gasteiger partial charge in [-0.05, 0) is 74.8 Å². The zero-order chi connectivity index (χ0) is 17.4. The number of ether oxygens (including phenoxy) is 1. The molecule has 2 atom stereocenters. The van der Waals surface area contributed by atoms with Crippen molar-refractivity contribution in [1.29, 1.82) is 0 Å². The Balaban J connectivity index is 1.56. The van der Waals surface area contributed by atoms with Crippen molar-refractivity contribution in [1.82, 2.24) is 0 Å². The van der Waals surface area contributed by atoms with Gasteiger partial charge in [0, 0.05) is 11.7 Å². The summed E-state index contributed by atoms with van der Waals surface area (Å²) in [6.07, 6.45) is 5.04. The molecule has 0 saturated heterocycles. The molecule has 2 aromatic rings. The molecule has 0 spiro atoms. The minimum atomic E-state index is -0.484. The molecule has 0 radical (unpaired) electrons. The summed E-state index contributed by atoms with van der Waals surface area (Å²) >= 11 is 0. The van der Waals surface area contributed by atoms with Gasteiger partial charge in [0.1, 0.15) is 5.75 Å². The van der Waals surface area contributed by atoms with Gasteiger partial charge in [-0.3, -0.25) is 4.79 Å². The van der Waals surface area contributed by atoms with Crippen molar-refractivity contribution >= 4 is 11.6 Å². The van der Waals surface area contributed by atoms with Crippen LogP contribution in [0, 0.1) is 0 Å². The molecular formula is C22H25NO2. The number of hydrogen-bond donors (Lipinski definition) is 0. The molecule has 0 aromatic heterocycles. The average Bonchev–Trinajstić information content (AvgIpc) is 2.97. The van der Waals surface area contributed by atoms with Crippen LogP contribution in [0.1, 0.15) is 43.4 Å². The van der Waals surface area contributed by atoms with Crippen molar-refractivity contribution in [3.63, 3.8) is 0 Å². The van der Waals surface area contributed by atoms with Crippen LogP contribution in [0.15, 0.2) is 42.5 Å². The predicted octanol–water partition coefficient (Wildman–Crippen LogP) is 4.31. The third-order valence-electron chi connectivity index (χ3n) is 5.45. The van der Waals surface area contributed by atoms with E-state index < -0.39 is 6.10 Å². The minimum absolute atomic E-state index is 0.0471. The maximum absolute atomic E-state index is 13.1. The van der Waals surface area contributed by atoms with E-state index in [9.17, 15) is 4.79 Å². The number of carbonyl (C=O) groups is 1. The number of amides is 1. The molecule has 3 heteroatoms. The number of anilines is 1. The van der Waals surface area contributed by atoms with Gasteiger partial charge in [0.25, 0.3) is 5.91 Å². The maximum atomic E-state index is 13.1. The molecule has 1 amide bonds. The minimum Gasteiger partial charge on any atom is -0.481 e. The van der Waals surface area contributed by atoms with Crippen LogP contribution < -0.4 is 9.64 Å². The first-order valence-electron chi connectivity index (χ1n) is 9.33. The molecule has 25 heavy (non-hydrogen) atoms. The highest BCUT2D eigenvalue weighted by atomic mass is 16.5. The van der Waals surface area contributed by atoms with Gasteiger partial charge >= 0.3 is 0 Å². The second kappa shape index (κ2) is 6.55. The standard InChI is InChI=1S/C22H25NO2/c1-15-14-18-9-4-6-12-20(18)23(15)22(24)16(2)25-21-13-7-10-17-8-3-5-11-19(17)21/h4,6-7,9-10,12-13,15-16H,3,5,8,11,14H2,1-2H3/t15-,16-/m0/s1. The number of carbonyl (C=O) groups excluding carboxylic acids is 1. The first kappa shape index (κ1) is 16.2. The normalized spacial score (nSPS) is 19.9. The Morgan fingerprint density at radius 2 is 1.84 bits per heavy atom. The van der Waals surface area contributed by atoms with Crippen molar-refractivity contribution in [2.75, 3.05) is 4.90 Å². The summed E-state index contributed by atoms with van der Waals surface area (Å²) in [5, 5.41) is 0. The summed E-state index contributed by atoms with van der Waals surface area (Å²) in [6, 6.07) is 14.6. The highest BCUT2D eigenvalue weighted by Crippen LogP contribution is 2.34. The van der Waals surface area contributed by atoms with Crippen LogP contribution in [0.3, 0.4) is 0 Å². The maximum Gasteiger partial charge on any atom is 0.268 e. The monoisotopic (exact) mass is 335 g/mol. The van der Waals surface area contributed by atoms with Gasteiger partial charge in [-0.1, -0.05) is 30.3 Å². The molecule has 2 aromatic carbocycles. The van der Waals surface area contributed by atoms with E-state index in [4.69, 9.17) is 4.74 Å². The van der Waals surface area contributed by atoms with Crippen LogP contribution in [0.5, 0.6) is 5.75 Å². The zero-order valence-electron chi connectivity index (χ0n) is 15.0. The van der Waals surface area contributed by atoms with E-state index in [0.29, 0.717) is 0 Å². The summed E-state index contributed by atoms with van der Waals surface area (Å²) in [5.41, 5.74) is 4.95. The number of hydrogen-bond acceptors (Lipinski definition) is 2. The highest BCUT2D eigenvalue weighted by Gasteiger charge is 2.34. The smallest absolute Gasteiger partial charge is 0.268 e. The summed E-state index contributed by atoms with van der Waals surface area (Å²) < 4.78 is 6.16. The lowest BCUT2D eigenvalue weighted by atomic mass is 9.91. The lowest BCUT2D eigenvalue weighted by Gasteiger charge is -2.27. The van der Waals surface area contributed by atoms with E-state index in [2.05, 4.69) is 19.1 Å². The van der Waals surface area contributed by atoms with Crippen LogP contribution in [-0.4, -0.2) is 18.1 Å². The van der Waals surface area contributed by atoms with Gasteiger partial charge in [0.05, 0.1) is 0 Å². The summed E-state index contributed by atoms with van der Waals surface area (Å²) in [6.45, 7) is 3.98. The Morgan fingerprint density at radius 3 is 2.72 bits per heavy atom. The molecule has 1 heterocycles. The molecule has 0 fully saturated rings. The van der Waals surface area contributed by atoms with Crippen LogP contribution in [-0.2, 0) is 24.1 Å². The Kier molecular flexibility index (Phi) is 4.24. The van der Waals surface area contributed by atoms with Crippen LogP contribution in [0.2, 0.25) is 0 Å². The van der Waals surface area contributed by atoms with Crippen molar-refractivity contribution in [3.05, 3.63) is 59.2 Å². The Bertz CT molecular complexity index is 798. The molecule has 4 rings (SSSR count). The second-order valence-electron chi connectivity index (χ2n) is 7.25. The predicted molar refractivity (Wildman–Crippen MR) is 100 cm³/mol. The van der Waals surface area contributed by atoms with E-state index >= 15 is 0 Å². The largest absolute Gasteiger partial charge is 0.481 e. The molecule has 3 nitrogen and oxygen atoms in total. The quantitative estimate of drug-likeness (QED) is 0.836. The summed E-state index contributed by atoms with van der Waals surface area (Å²) in [5.74, 6) is 0.934. The molecule has 0 N–H and O–H groups in total. The number of para-hydroxylation sites is 1. The Hall–Kier alpha value is -2.29. The molecule has 1 aliphatic heterocycles. The van der Waals surface area contributed by atoms with Crippen molar-refractivity contribution in [3.8, 4) is 5.75 Å². The van der Waals surface area contributed by atoms with E-state index in [1.54, 1.807) is 0 Å². The molecule has 130 valence electrons. The number of rotatable bonds is 3. The van der Waals surface area contributed by atoms with Crippen molar-refractivity contribution < 1.29 is 9.53 Å². The van der Waals surface area contributed by atoms with E-state index in [1.165, 1.54) is 29.5 Å². The van der Waals surface area contributed by atoms with Gasteiger partial charge in [0.2, 0.25) is 0 Å². The van der Waals surface area contributed by atoms with Gasteiger partial charge in [-0.25, -0.2) is 0 Å². The fourth-order valence-electron chi connectivity index (χ4n) is 4.19. The molecule has 0 saturated carbocycles. The van der Waals surface area contributed by atoms with Gasteiger partial charge in [-0.2, -0.15) is 0 Å². The molecule has 0 unspecified atom stereocenters.